The van der Waals surface area contributed by atoms with E-state index in [9.17, 15) is 9.90 Å². The first-order valence-electron chi connectivity index (χ1n) is 6.04. The van der Waals surface area contributed by atoms with Gasteiger partial charge in [0.1, 0.15) is 5.41 Å². The fraction of sp³-hybridized carbons (Fsp3) is 0.917. The average Bonchev–Trinajstić information content (AvgIpc) is 2.94. The molecule has 0 aromatic carbocycles. The fourth-order valence-corrected chi connectivity index (χ4v) is 4.17. The van der Waals surface area contributed by atoms with Crippen LogP contribution in [0, 0.1) is 11.3 Å². The van der Waals surface area contributed by atoms with Crippen LogP contribution in [0.25, 0.3) is 0 Å². The first-order chi connectivity index (χ1) is 7.57. The summed E-state index contributed by atoms with van der Waals surface area (Å²) >= 11 is 1.75. The summed E-state index contributed by atoms with van der Waals surface area (Å²) in [5, 5.41) is 10.7. The van der Waals surface area contributed by atoms with E-state index in [0.717, 1.165) is 25.0 Å². The summed E-state index contributed by atoms with van der Waals surface area (Å²) < 4.78 is 5.15. The van der Waals surface area contributed by atoms with Crippen LogP contribution in [-0.2, 0) is 9.53 Å². The van der Waals surface area contributed by atoms with Crippen LogP contribution < -0.4 is 0 Å². The molecule has 1 saturated carbocycles. The van der Waals surface area contributed by atoms with Crippen LogP contribution in [-0.4, -0.2) is 34.8 Å². The van der Waals surface area contributed by atoms with Gasteiger partial charge in [0.2, 0.25) is 0 Å². The molecule has 0 bridgehead atoms. The van der Waals surface area contributed by atoms with Crippen LogP contribution in [0.4, 0.5) is 0 Å². The zero-order valence-corrected chi connectivity index (χ0v) is 10.8. The molecule has 0 aromatic rings. The highest BCUT2D eigenvalue weighted by atomic mass is 32.2. The monoisotopic (exact) mass is 244 g/mol. The molecule has 2 fully saturated rings. The Morgan fingerprint density at radius 1 is 1.62 bits per heavy atom. The van der Waals surface area contributed by atoms with E-state index < -0.39 is 11.0 Å². The molecule has 2 aliphatic rings. The second-order valence-electron chi connectivity index (χ2n) is 4.98. The Bertz CT molecular complexity index is 286. The molecule has 3 atom stereocenters. The second kappa shape index (κ2) is 4.22. The van der Waals surface area contributed by atoms with Crippen molar-refractivity contribution < 1.29 is 14.6 Å². The lowest BCUT2D eigenvalue weighted by atomic mass is 9.80. The third kappa shape index (κ3) is 1.66. The van der Waals surface area contributed by atoms with Gasteiger partial charge in [-0.25, -0.2) is 0 Å². The Morgan fingerprint density at radius 2 is 2.31 bits per heavy atom. The molecular weight excluding hydrogens is 224 g/mol. The predicted molar refractivity (Wildman–Crippen MR) is 64.4 cm³/mol. The highest BCUT2D eigenvalue weighted by Crippen LogP contribution is 2.62. The minimum absolute atomic E-state index is 0.187. The Hall–Kier alpha value is -0.220. The number of hydrogen-bond acceptors (Lipinski definition) is 4. The minimum Gasteiger partial charge on any atom is -0.465 e. The van der Waals surface area contributed by atoms with Crippen molar-refractivity contribution in [1.29, 1.82) is 0 Å². The van der Waals surface area contributed by atoms with Gasteiger partial charge in [-0.05, 0) is 37.9 Å². The van der Waals surface area contributed by atoms with Crippen LogP contribution in [0.1, 0.15) is 33.1 Å². The molecule has 2 rings (SSSR count). The van der Waals surface area contributed by atoms with Crippen molar-refractivity contribution in [3.05, 3.63) is 0 Å². The standard InChI is InChI=1S/C12H20O3S/c1-3-15-10(13)12(7-9(12)2)11(14)5-4-6-16-8-11/h9,14H,3-8H2,1-2H3. The van der Waals surface area contributed by atoms with Gasteiger partial charge in [-0.3, -0.25) is 4.79 Å². The summed E-state index contributed by atoms with van der Waals surface area (Å²) in [6.07, 6.45) is 2.51. The maximum Gasteiger partial charge on any atom is 0.315 e. The van der Waals surface area contributed by atoms with Crippen molar-refractivity contribution in [3.63, 3.8) is 0 Å². The quantitative estimate of drug-likeness (QED) is 0.769. The summed E-state index contributed by atoms with van der Waals surface area (Å²) in [5.74, 6) is 1.84. The fourth-order valence-electron chi connectivity index (χ4n) is 2.94. The Labute approximate surface area is 101 Å². The predicted octanol–water partition coefficient (Wildman–Crippen LogP) is 1.83. The average molecular weight is 244 g/mol. The molecule has 0 amide bonds. The number of thioether (sulfide) groups is 1. The van der Waals surface area contributed by atoms with E-state index >= 15 is 0 Å². The molecule has 4 heteroatoms. The van der Waals surface area contributed by atoms with Crippen LogP contribution in [0.2, 0.25) is 0 Å². The molecule has 16 heavy (non-hydrogen) atoms. The van der Waals surface area contributed by atoms with Crippen molar-refractivity contribution in [1.82, 2.24) is 0 Å². The minimum atomic E-state index is -0.832. The summed E-state index contributed by atoms with van der Waals surface area (Å²) in [7, 11) is 0. The number of hydrogen-bond donors (Lipinski definition) is 1. The van der Waals surface area contributed by atoms with Gasteiger partial charge in [-0.1, -0.05) is 6.92 Å². The Morgan fingerprint density at radius 3 is 2.75 bits per heavy atom. The molecule has 1 aliphatic heterocycles. The highest BCUT2D eigenvalue weighted by molar-refractivity contribution is 7.99. The van der Waals surface area contributed by atoms with Crippen molar-refractivity contribution in [3.8, 4) is 0 Å². The van der Waals surface area contributed by atoms with Crippen LogP contribution in [0.3, 0.4) is 0 Å². The number of ether oxygens (including phenoxy) is 1. The van der Waals surface area contributed by atoms with Gasteiger partial charge in [0.05, 0.1) is 12.2 Å². The smallest absolute Gasteiger partial charge is 0.315 e. The summed E-state index contributed by atoms with van der Waals surface area (Å²) in [6.45, 7) is 4.25. The first kappa shape index (κ1) is 12.2. The van der Waals surface area contributed by atoms with Crippen LogP contribution in [0.5, 0.6) is 0 Å². The Balaban J connectivity index is 2.18. The molecule has 0 aromatic heterocycles. The van der Waals surface area contributed by atoms with Gasteiger partial charge < -0.3 is 9.84 Å². The molecule has 1 saturated heterocycles. The van der Waals surface area contributed by atoms with E-state index in [2.05, 4.69) is 0 Å². The normalized spacial score (nSPS) is 42.8. The number of rotatable bonds is 3. The zero-order chi connectivity index (χ0) is 11.8. The van der Waals surface area contributed by atoms with Gasteiger partial charge in [0.15, 0.2) is 0 Å². The van der Waals surface area contributed by atoms with Crippen LogP contribution >= 0.6 is 11.8 Å². The number of carbonyl (C=O) groups excluding carboxylic acids is 1. The van der Waals surface area contributed by atoms with E-state index in [1.165, 1.54) is 0 Å². The molecular formula is C12H20O3S. The largest absolute Gasteiger partial charge is 0.465 e. The van der Waals surface area contributed by atoms with Gasteiger partial charge >= 0.3 is 5.97 Å². The van der Waals surface area contributed by atoms with E-state index in [4.69, 9.17) is 4.74 Å². The summed E-state index contributed by atoms with van der Waals surface area (Å²) in [5.41, 5.74) is -1.43. The van der Waals surface area contributed by atoms with E-state index in [0.29, 0.717) is 12.4 Å². The Kier molecular flexibility index (Phi) is 3.23. The summed E-state index contributed by atoms with van der Waals surface area (Å²) in [4.78, 5) is 12.1. The van der Waals surface area contributed by atoms with E-state index in [1.54, 1.807) is 11.8 Å². The van der Waals surface area contributed by atoms with Crippen molar-refractivity contribution in [2.45, 2.75) is 38.7 Å². The van der Waals surface area contributed by atoms with Crippen molar-refractivity contribution in [2.24, 2.45) is 11.3 Å². The lowest BCUT2D eigenvalue weighted by Crippen LogP contribution is -2.50. The SMILES string of the molecule is CCOC(=O)C1(C2(O)CCCSC2)CC1C. The number of aliphatic hydroxyl groups is 1. The highest BCUT2D eigenvalue weighted by Gasteiger charge is 2.70. The lowest BCUT2D eigenvalue weighted by Gasteiger charge is -2.38. The molecule has 3 unspecified atom stereocenters. The molecule has 3 nitrogen and oxygen atoms in total. The molecule has 0 spiro atoms. The molecule has 1 heterocycles. The van der Waals surface area contributed by atoms with E-state index in [-0.39, 0.29) is 11.9 Å². The van der Waals surface area contributed by atoms with Gasteiger partial charge in [-0.15, -0.1) is 0 Å². The third-order valence-corrected chi connectivity index (χ3v) is 5.26. The lowest BCUT2D eigenvalue weighted by molar-refractivity contribution is -0.162. The molecule has 1 aliphatic carbocycles. The maximum atomic E-state index is 12.1. The van der Waals surface area contributed by atoms with Gasteiger partial charge in [0.25, 0.3) is 0 Å². The topological polar surface area (TPSA) is 46.5 Å². The molecule has 1 N–H and O–H groups in total. The second-order valence-corrected chi connectivity index (χ2v) is 6.09. The zero-order valence-electron chi connectivity index (χ0n) is 9.99. The number of carbonyl (C=O) groups is 1. The van der Waals surface area contributed by atoms with Crippen molar-refractivity contribution in [2.75, 3.05) is 18.1 Å². The van der Waals surface area contributed by atoms with E-state index in [1.807, 2.05) is 13.8 Å². The van der Waals surface area contributed by atoms with Gasteiger partial charge in [0, 0.05) is 5.75 Å². The first-order valence-corrected chi connectivity index (χ1v) is 7.19. The maximum absolute atomic E-state index is 12.1. The number of esters is 1. The van der Waals surface area contributed by atoms with Gasteiger partial charge in [-0.2, -0.15) is 11.8 Å². The molecule has 92 valence electrons. The summed E-state index contributed by atoms with van der Waals surface area (Å²) in [6, 6.07) is 0. The molecule has 0 radical (unpaired) electrons. The van der Waals surface area contributed by atoms with Crippen LogP contribution in [0.15, 0.2) is 0 Å². The van der Waals surface area contributed by atoms with Crippen molar-refractivity contribution >= 4 is 17.7 Å². The third-order valence-electron chi connectivity index (χ3n) is 4.00.